The van der Waals surface area contributed by atoms with E-state index in [0.717, 1.165) is 23.2 Å². The molecular formula is C22H28N2O4. The molecule has 0 heterocycles. The van der Waals surface area contributed by atoms with Crippen LogP contribution < -0.4 is 20.1 Å². The van der Waals surface area contributed by atoms with Gasteiger partial charge in [-0.1, -0.05) is 25.1 Å². The second-order valence-electron chi connectivity index (χ2n) is 7.06. The number of ether oxygens (including phenoxy) is 2. The van der Waals surface area contributed by atoms with Gasteiger partial charge in [-0.15, -0.1) is 0 Å². The van der Waals surface area contributed by atoms with Gasteiger partial charge in [-0.25, -0.2) is 0 Å². The van der Waals surface area contributed by atoms with Gasteiger partial charge in [0.2, 0.25) is 11.8 Å². The van der Waals surface area contributed by atoms with Gasteiger partial charge >= 0.3 is 0 Å². The number of anilines is 2. The average molecular weight is 384 g/mol. The molecule has 2 aromatic carbocycles. The van der Waals surface area contributed by atoms with Crippen molar-refractivity contribution in [1.82, 2.24) is 0 Å². The second-order valence-corrected chi connectivity index (χ2v) is 7.06. The van der Waals surface area contributed by atoms with Gasteiger partial charge in [-0.3, -0.25) is 9.59 Å². The summed E-state index contributed by atoms with van der Waals surface area (Å²) in [4.78, 5) is 25.8. The highest BCUT2D eigenvalue weighted by Gasteiger charge is 2.37. The maximum Gasteiger partial charge on any atom is 0.239 e. The second kappa shape index (κ2) is 8.78. The van der Waals surface area contributed by atoms with Crippen LogP contribution in [0.3, 0.4) is 0 Å². The van der Waals surface area contributed by atoms with E-state index in [1.807, 2.05) is 32.0 Å². The van der Waals surface area contributed by atoms with Crippen molar-refractivity contribution >= 4 is 23.2 Å². The fourth-order valence-electron chi connectivity index (χ4n) is 2.77. The summed E-state index contributed by atoms with van der Waals surface area (Å²) >= 11 is 0. The Morgan fingerprint density at radius 2 is 1.68 bits per heavy atom. The topological polar surface area (TPSA) is 76.7 Å². The number of amides is 2. The van der Waals surface area contributed by atoms with E-state index in [1.165, 1.54) is 14.2 Å². The number of hydrogen-bond donors (Lipinski definition) is 2. The van der Waals surface area contributed by atoms with Gasteiger partial charge in [0.15, 0.2) is 0 Å². The van der Waals surface area contributed by atoms with Crippen LogP contribution in [0.15, 0.2) is 36.4 Å². The van der Waals surface area contributed by atoms with Crippen LogP contribution in [-0.4, -0.2) is 26.0 Å². The van der Waals surface area contributed by atoms with E-state index in [2.05, 4.69) is 10.6 Å². The minimum absolute atomic E-state index is 0.379. The standard InChI is InChI=1S/C22H28N2O4/c1-7-15-10-8-9-14(2)19(15)24-21(26)22(3,4)20(25)23-17-13-16(27-5)11-12-18(17)28-6/h8-13H,7H2,1-6H3,(H,23,25)(H,24,26). The molecule has 0 spiro atoms. The van der Waals surface area contributed by atoms with Gasteiger partial charge < -0.3 is 20.1 Å². The summed E-state index contributed by atoms with van der Waals surface area (Å²) in [6, 6.07) is 10.9. The zero-order valence-electron chi connectivity index (χ0n) is 17.3. The third-order valence-electron chi connectivity index (χ3n) is 4.77. The Hall–Kier alpha value is -3.02. The number of carbonyl (C=O) groups excluding carboxylic acids is 2. The van der Waals surface area contributed by atoms with Crippen LogP contribution in [0.25, 0.3) is 0 Å². The Morgan fingerprint density at radius 3 is 2.29 bits per heavy atom. The van der Waals surface area contributed by atoms with Crippen LogP contribution in [0.5, 0.6) is 11.5 Å². The summed E-state index contributed by atoms with van der Waals surface area (Å²) in [6.45, 7) is 7.14. The third-order valence-corrected chi connectivity index (χ3v) is 4.77. The van der Waals surface area contributed by atoms with Crippen molar-refractivity contribution < 1.29 is 19.1 Å². The molecule has 2 aromatic rings. The van der Waals surface area contributed by atoms with Crippen molar-refractivity contribution in [3.05, 3.63) is 47.5 Å². The van der Waals surface area contributed by atoms with E-state index in [0.29, 0.717) is 17.2 Å². The first kappa shape index (κ1) is 21.3. The predicted molar refractivity (Wildman–Crippen MR) is 111 cm³/mol. The molecule has 2 N–H and O–H groups in total. The minimum Gasteiger partial charge on any atom is -0.497 e. The first-order chi connectivity index (χ1) is 13.2. The van der Waals surface area contributed by atoms with Crippen molar-refractivity contribution in [3.8, 4) is 11.5 Å². The number of para-hydroxylation sites is 1. The van der Waals surface area contributed by atoms with E-state index in [-0.39, 0.29) is 5.91 Å². The molecule has 0 atom stereocenters. The molecular weight excluding hydrogens is 356 g/mol. The number of benzene rings is 2. The molecule has 6 nitrogen and oxygen atoms in total. The Kier molecular flexibility index (Phi) is 6.67. The Morgan fingerprint density at radius 1 is 1.00 bits per heavy atom. The zero-order chi connectivity index (χ0) is 20.9. The van der Waals surface area contributed by atoms with Crippen LogP contribution in [0, 0.1) is 12.3 Å². The Bertz CT molecular complexity index is 875. The molecule has 0 aliphatic carbocycles. The number of rotatable bonds is 7. The van der Waals surface area contributed by atoms with Crippen molar-refractivity contribution in [2.45, 2.75) is 34.1 Å². The summed E-state index contributed by atoms with van der Waals surface area (Å²) in [7, 11) is 3.05. The predicted octanol–water partition coefficient (Wildman–Crippen LogP) is 4.18. The molecule has 28 heavy (non-hydrogen) atoms. The smallest absolute Gasteiger partial charge is 0.239 e. The third kappa shape index (κ3) is 4.44. The van der Waals surface area contributed by atoms with E-state index in [1.54, 1.807) is 32.0 Å². The maximum atomic E-state index is 12.9. The molecule has 0 fully saturated rings. The van der Waals surface area contributed by atoms with E-state index in [4.69, 9.17) is 9.47 Å². The fourth-order valence-corrected chi connectivity index (χ4v) is 2.77. The summed E-state index contributed by atoms with van der Waals surface area (Å²) in [5, 5.41) is 5.71. The van der Waals surface area contributed by atoms with Gasteiger partial charge in [-0.2, -0.15) is 0 Å². The summed E-state index contributed by atoms with van der Waals surface area (Å²) in [5.74, 6) is 0.238. The molecule has 0 unspecified atom stereocenters. The molecule has 0 aliphatic heterocycles. The maximum absolute atomic E-state index is 12.9. The lowest BCUT2D eigenvalue weighted by Gasteiger charge is -2.24. The van der Waals surface area contributed by atoms with Crippen molar-refractivity contribution in [2.75, 3.05) is 24.9 Å². The van der Waals surface area contributed by atoms with Crippen molar-refractivity contribution in [1.29, 1.82) is 0 Å². The molecule has 0 radical (unpaired) electrons. The van der Waals surface area contributed by atoms with Gasteiger partial charge in [0, 0.05) is 11.8 Å². The molecule has 0 aromatic heterocycles. The summed E-state index contributed by atoms with van der Waals surface area (Å²) < 4.78 is 10.5. The number of hydrogen-bond acceptors (Lipinski definition) is 4. The SMILES string of the molecule is CCc1cccc(C)c1NC(=O)C(C)(C)C(=O)Nc1cc(OC)ccc1OC. The highest BCUT2D eigenvalue weighted by atomic mass is 16.5. The van der Waals surface area contributed by atoms with Crippen LogP contribution in [0.1, 0.15) is 31.9 Å². The number of nitrogens with one attached hydrogen (secondary N) is 2. The van der Waals surface area contributed by atoms with E-state index in [9.17, 15) is 9.59 Å². The minimum atomic E-state index is -1.30. The number of methoxy groups -OCH3 is 2. The van der Waals surface area contributed by atoms with Gasteiger partial charge in [0.05, 0.1) is 19.9 Å². The van der Waals surface area contributed by atoms with Crippen LogP contribution in [0.4, 0.5) is 11.4 Å². The molecule has 6 heteroatoms. The van der Waals surface area contributed by atoms with Gasteiger partial charge in [0.1, 0.15) is 16.9 Å². The summed E-state index contributed by atoms with van der Waals surface area (Å²) in [5.41, 5.74) is 1.88. The van der Waals surface area contributed by atoms with E-state index < -0.39 is 11.3 Å². The Labute approximate surface area is 166 Å². The number of aryl methyl sites for hydroxylation is 2. The Balaban J connectivity index is 2.24. The van der Waals surface area contributed by atoms with Crippen LogP contribution in [-0.2, 0) is 16.0 Å². The normalized spacial score (nSPS) is 10.9. The molecule has 2 rings (SSSR count). The van der Waals surface area contributed by atoms with Gasteiger partial charge in [0.25, 0.3) is 0 Å². The molecule has 0 saturated carbocycles. The van der Waals surface area contributed by atoms with Crippen LogP contribution >= 0.6 is 0 Å². The lowest BCUT2D eigenvalue weighted by molar-refractivity contribution is -0.135. The number of carbonyl (C=O) groups is 2. The van der Waals surface area contributed by atoms with Crippen molar-refractivity contribution in [2.24, 2.45) is 5.41 Å². The first-order valence-electron chi connectivity index (χ1n) is 9.18. The highest BCUT2D eigenvalue weighted by molar-refractivity contribution is 6.14. The highest BCUT2D eigenvalue weighted by Crippen LogP contribution is 2.31. The summed E-state index contributed by atoms with van der Waals surface area (Å²) in [6.07, 6.45) is 0.783. The fraction of sp³-hybridized carbons (Fsp3) is 0.364. The largest absolute Gasteiger partial charge is 0.497 e. The molecule has 2 amide bonds. The lowest BCUT2D eigenvalue weighted by Crippen LogP contribution is -2.42. The molecule has 0 saturated heterocycles. The van der Waals surface area contributed by atoms with Crippen molar-refractivity contribution in [3.63, 3.8) is 0 Å². The molecule has 0 bridgehead atoms. The molecule has 0 aliphatic rings. The van der Waals surface area contributed by atoms with E-state index >= 15 is 0 Å². The molecule has 150 valence electrons. The van der Waals surface area contributed by atoms with Crippen LogP contribution in [0.2, 0.25) is 0 Å². The average Bonchev–Trinajstić information content (AvgIpc) is 2.69. The first-order valence-corrected chi connectivity index (χ1v) is 9.18. The monoisotopic (exact) mass is 384 g/mol. The quantitative estimate of drug-likeness (QED) is 0.702. The van der Waals surface area contributed by atoms with Gasteiger partial charge in [-0.05, 0) is 50.5 Å². The zero-order valence-corrected chi connectivity index (χ0v) is 17.3. The lowest BCUT2D eigenvalue weighted by atomic mass is 9.90.